The predicted molar refractivity (Wildman–Crippen MR) is 72.5 cm³/mol. The van der Waals surface area contributed by atoms with Crippen molar-refractivity contribution in [3.63, 3.8) is 0 Å². The number of rotatable bonds is 4. The van der Waals surface area contributed by atoms with Crippen LogP contribution in [0, 0.1) is 0 Å². The Bertz CT molecular complexity index is 573. The summed E-state index contributed by atoms with van der Waals surface area (Å²) >= 11 is 6.05. The summed E-state index contributed by atoms with van der Waals surface area (Å²) in [5, 5.41) is 0.381. The summed E-state index contributed by atoms with van der Waals surface area (Å²) in [7, 11) is 0. The number of carbonyl (C=O) groups excluding carboxylic acids is 3. The van der Waals surface area contributed by atoms with Crippen molar-refractivity contribution < 1.29 is 19.1 Å². The van der Waals surface area contributed by atoms with E-state index >= 15 is 0 Å². The van der Waals surface area contributed by atoms with Gasteiger partial charge in [0.05, 0.1) is 16.3 Å². The third-order valence-electron chi connectivity index (χ3n) is 2.89. The number of nitrogens with two attached hydrogens (primary N) is 1. The molecule has 2 N–H and O–H groups in total. The number of hydrogen-bond acceptors (Lipinski definition) is 4. The fraction of sp³-hybridized carbons (Fsp3) is 0.308. The quantitative estimate of drug-likeness (QED) is 0.843. The van der Waals surface area contributed by atoms with Crippen LogP contribution in [0.25, 0.3) is 0 Å². The van der Waals surface area contributed by atoms with Gasteiger partial charge in [0, 0.05) is 13.0 Å². The molecule has 7 heteroatoms. The van der Waals surface area contributed by atoms with E-state index < -0.39 is 18.5 Å². The third-order valence-corrected chi connectivity index (χ3v) is 3.21. The first-order valence-corrected chi connectivity index (χ1v) is 6.42. The van der Waals surface area contributed by atoms with Crippen molar-refractivity contribution in [1.29, 1.82) is 0 Å². The van der Waals surface area contributed by atoms with Crippen LogP contribution in [0.3, 0.4) is 0 Å². The molecule has 0 aliphatic carbocycles. The molecule has 1 aromatic rings. The average molecular weight is 297 g/mol. The van der Waals surface area contributed by atoms with E-state index in [2.05, 4.69) is 0 Å². The highest BCUT2D eigenvalue weighted by Gasteiger charge is 2.24. The van der Waals surface area contributed by atoms with E-state index in [0.29, 0.717) is 23.7 Å². The molecule has 0 spiro atoms. The minimum atomic E-state index is -0.734. The van der Waals surface area contributed by atoms with E-state index in [1.807, 2.05) is 0 Å². The molecule has 106 valence electrons. The summed E-state index contributed by atoms with van der Waals surface area (Å²) in [5.74, 6) is -1.45. The van der Waals surface area contributed by atoms with Crippen molar-refractivity contribution in [3.05, 3.63) is 28.8 Å². The molecule has 2 amide bonds. The molecule has 20 heavy (non-hydrogen) atoms. The number of esters is 1. The Morgan fingerprint density at radius 2 is 2.15 bits per heavy atom. The van der Waals surface area contributed by atoms with E-state index in [1.165, 1.54) is 23.1 Å². The Morgan fingerprint density at radius 3 is 2.75 bits per heavy atom. The van der Waals surface area contributed by atoms with Crippen molar-refractivity contribution in [1.82, 2.24) is 0 Å². The van der Waals surface area contributed by atoms with Gasteiger partial charge in [0.2, 0.25) is 5.91 Å². The van der Waals surface area contributed by atoms with Gasteiger partial charge in [0.25, 0.3) is 5.91 Å². The zero-order valence-corrected chi connectivity index (χ0v) is 11.4. The van der Waals surface area contributed by atoms with Gasteiger partial charge in [-0.05, 0) is 24.6 Å². The van der Waals surface area contributed by atoms with Crippen LogP contribution in [0.15, 0.2) is 18.2 Å². The maximum atomic E-state index is 11.7. The molecule has 1 fully saturated rings. The highest BCUT2D eigenvalue weighted by Crippen LogP contribution is 2.30. The normalized spacial score (nSPS) is 14.4. The van der Waals surface area contributed by atoms with Crippen LogP contribution in [-0.2, 0) is 14.3 Å². The van der Waals surface area contributed by atoms with Gasteiger partial charge in [-0.15, -0.1) is 0 Å². The lowest BCUT2D eigenvalue weighted by Gasteiger charge is -2.18. The Morgan fingerprint density at radius 1 is 1.40 bits per heavy atom. The molecular weight excluding hydrogens is 284 g/mol. The summed E-state index contributed by atoms with van der Waals surface area (Å²) in [6, 6.07) is 4.47. The first kappa shape index (κ1) is 14.3. The van der Waals surface area contributed by atoms with E-state index in [1.54, 1.807) is 0 Å². The fourth-order valence-corrected chi connectivity index (χ4v) is 2.19. The SMILES string of the molecule is NC(=O)COC(=O)c1ccc(Cl)c(N2CCCC2=O)c1. The molecule has 0 atom stereocenters. The zero-order chi connectivity index (χ0) is 14.7. The number of amides is 2. The van der Waals surface area contributed by atoms with Crippen LogP contribution in [-0.4, -0.2) is 30.9 Å². The summed E-state index contributed by atoms with van der Waals surface area (Å²) < 4.78 is 4.71. The lowest BCUT2D eigenvalue weighted by atomic mass is 10.2. The molecule has 0 aromatic heterocycles. The van der Waals surface area contributed by atoms with Crippen LogP contribution < -0.4 is 10.6 Å². The second-order valence-electron chi connectivity index (χ2n) is 4.36. The van der Waals surface area contributed by atoms with Crippen LogP contribution in [0.4, 0.5) is 5.69 Å². The number of primary amides is 1. The highest BCUT2D eigenvalue weighted by molar-refractivity contribution is 6.34. The Balaban J connectivity index is 2.22. The molecule has 1 heterocycles. The minimum Gasteiger partial charge on any atom is -0.452 e. The second-order valence-corrected chi connectivity index (χ2v) is 4.76. The third kappa shape index (κ3) is 3.08. The Kier molecular flexibility index (Phi) is 4.24. The topological polar surface area (TPSA) is 89.7 Å². The summed E-state index contributed by atoms with van der Waals surface area (Å²) in [4.78, 5) is 35.6. The largest absolute Gasteiger partial charge is 0.452 e. The second kappa shape index (κ2) is 5.92. The molecular formula is C13H13ClN2O4. The number of ether oxygens (including phenoxy) is 1. The molecule has 1 aromatic carbocycles. The standard InChI is InChI=1S/C13H13ClN2O4/c14-9-4-3-8(13(19)20-7-11(15)17)6-10(9)16-5-1-2-12(16)18/h3-4,6H,1-2,5,7H2,(H2,15,17). The lowest BCUT2D eigenvalue weighted by Crippen LogP contribution is -2.24. The first-order chi connectivity index (χ1) is 9.49. The monoisotopic (exact) mass is 296 g/mol. The van der Waals surface area contributed by atoms with E-state index in [9.17, 15) is 14.4 Å². The first-order valence-electron chi connectivity index (χ1n) is 6.04. The minimum absolute atomic E-state index is 0.0328. The number of carbonyl (C=O) groups is 3. The highest BCUT2D eigenvalue weighted by atomic mass is 35.5. The summed E-state index contributed by atoms with van der Waals surface area (Å²) in [6.07, 6.45) is 1.22. The molecule has 0 radical (unpaired) electrons. The van der Waals surface area contributed by atoms with Crippen LogP contribution in [0.2, 0.25) is 5.02 Å². The zero-order valence-electron chi connectivity index (χ0n) is 10.6. The lowest BCUT2D eigenvalue weighted by molar-refractivity contribution is -0.121. The molecule has 0 saturated carbocycles. The number of benzene rings is 1. The Hall–Kier alpha value is -2.08. The van der Waals surface area contributed by atoms with Crippen LogP contribution in [0.5, 0.6) is 0 Å². The van der Waals surface area contributed by atoms with Gasteiger partial charge in [-0.2, -0.15) is 0 Å². The smallest absolute Gasteiger partial charge is 0.338 e. The van der Waals surface area contributed by atoms with Gasteiger partial charge in [0.15, 0.2) is 6.61 Å². The number of anilines is 1. The maximum absolute atomic E-state index is 11.7. The van der Waals surface area contributed by atoms with Gasteiger partial charge in [-0.3, -0.25) is 9.59 Å². The molecule has 1 aliphatic rings. The van der Waals surface area contributed by atoms with Gasteiger partial charge in [-0.1, -0.05) is 11.6 Å². The fourth-order valence-electron chi connectivity index (χ4n) is 1.97. The molecule has 1 aliphatic heterocycles. The van der Waals surface area contributed by atoms with Crippen LogP contribution >= 0.6 is 11.6 Å². The summed E-state index contributed by atoms with van der Waals surface area (Å²) in [6.45, 7) is 0.0811. The average Bonchev–Trinajstić information content (AvgIpc) is 2.82. The van der Waals surface area contributed by atoms with Gasteiger partial charge < -0.3 is 15.4 Å². The van der Waals surface area contributed by atoms with E-state index in [-0.39, 0.29) is 11.5 Å². The molecule has 0 unspecified atom stereocenters. The number of hydrogen-bond donors (Lipinski definition) is 1. The van der Waals surface area contributed by atoms with E-state index in [4.69, 9.17) is 22.1 Å². The molecule has 1 saturated heterocycles. The molecule has 2 rings (SSSR count). The summed E-state index contributed by atoms with van der Waals surface area (Å²) in [5.41, 5.74) is 5.59. The number of halogens is 1. The predicted octanol–water partition coefficient (Wildman–Crippen LogP) is 1.11. The van der Waals surface area contributed by atoms with Crippen molar-refractivity contribution >= 4 is 35.1 Å². The van der Waals surface area contributed by atoms with Gasteiger partial charge in [0.1, 0.15) is 0 Å². The number of nitrogens with zero attached hydrogens (tertiary/aromatic N) is 1. The Labute approximate surface area is 120 Å². The van der Waals surface area contributed by atoms with Crippen molar-refractivity contribution in [2.45, 2.75) is 12.8 Å². The van der Waals surface area contributed by atoms with E-state index in [0.717, 1.165) is 6.42 Å². The van der Waals surface area contributed by atoms with Crippen molar-refractivity contribution in [2.75, 3.05) is 18.1 Å². The molecule has 0 bridgehead atoms. The van der Waals surface area contributed by atoms with Gasteiger partial charge >= 0.3 is 5.97 Å². The molecule has 6 nitrogen and oxygen atoms in total. The van der Waals surface area contributed by atoms with Gasteiger partial charge in [-0.25, -0.2) is 4.79 Å². The van der Waals surface area contributed by atoms with Crippen molar-refractivity contribution in [2.24, 2.45) is 5.73 Å². The van der Waals surface area contributed by atoms with Crippen LogP contribution in [0.1, 0.15) is 23.2 Å². The maximum Gasteiger partial charge on any atom is 0.338 e. The van der Waals surface area contributed by atoms with Crippen molar-refractivity contribution in [3.8, 4) is 0 Å².